The van der Waals surface area contributed by atoms with Crippen molar-refractivity contribution in [2.24, 2.45) is 5.41 Å². The molecule has 0 bridgehead atoms. The van der Waals surface area contributed by atoms with Crippen LogP contribution in [0, 0.1) is 5.41 Å². The highest BCUT2D eigenvalue weighted by Gasteiger charge is 2.44. The molecule has 5 nitrogen and oxygen atoms in total. The fourth-order valence-corrected chi connectivity index (χ4v) is 6.61. The van der Waals surface area contributed by atoms with E-state index in [0.29, 0.717) is 21.5 Å². The zero-order chi connectivity index (χ0) is 20.7. The van der Waals surface area contributed by atoms with Gasteiger partial charge in [0.25, 0.3) is 0 Å². The van der Waals surface area contributed by atoms with Crippen LogP contribution in [0.4, 0.5) is 5.95 Å². The van der Waals surface area contributed by atoms with Gasteiger partial charge in [-0.05, 0) is 50.3 Å². The molecule has 3 aromatic rings. The van der Waals surface area contributed by atoms with Crippen molar-refractivity contribution in [3.8, 4) is 0 Å². The molecule has 30 heavy (non-hydrogen) atoms. The van der Waals surface area contributed by atoms with Crippen molar-refractivity contribution in [2.45, 2.75) is 47.9 Å². The predicted octanol–water partition coefficient (Wildman–Crippen LogP) is 5.55. The van der Waals surface area contributed by atoms with Gasteiger partial charge < -0.3 is 10.2 Å². The monoisotopic (exact) mass is 461 g/mol. The van der Waals surface area contributed by atoms with Crippen LogP contribution < -0.4 is 10.2 Å². The van der Waals surface area contributed by atoms with Gasteiger partial charge in [0.05, 0.1) is 14.9 Å². The van der Waals surface area contributed by atoms with Crippen molar-refractivity contribution in [3.05, 3.63) is 46.8 Å². The number of hydrogen-bond donors (Lipinski definition) is 1. The molecule has 1 aromatic carbocycles. The molecule has 1 saturated heterocycles. The highest BCUT2D eigenvalue weighted by atomic mass is 35.5. The summed E-state index contributed by atoms with van der Waals surface area (Å²) >= 11 is 14.1. The Bertz CT molecular complexity index is 1060. The fraction of sp³-hybridized carbons (Fsp3) is 0.455. The molecule has 2 aliphatic rings. The van der Waals surface area contributed by atoms with Gasteiger partial charge in [0.15, 0.2) is 5.65 Å². The molecule has 1 spiro atoms. The van der Waals surface area contributed by atoms with Gasteiger partial charge in [0.2, 0.25) is 5.95 Å². The van der Waals surface area contributed by atoms with Crippen molar-refractivity contribution >= 4 is 46.6 Å². The highest BCUT2D eigenvalue weighted by Crippen LogP contribution is 2.47. The maximum atomic E-state index is 6.39. The number of imidazole rings is 1. The van der Waals surface area contributed by atoms with E-state index in [9.17, 15) is 0 Å². The summed E-state index contributed by atoms with van der Waals surface area (Å²) in [7, 11) is 2.11. The Morgan fingerprint density at radius 2 is 1.97 bits per heavy atom. The molecule has 158 valence electrons. The standard InChI is InChI=1S/C22H25Cl2N5S/c1-25-18-6-3-7-22(18)8-11-28(12-9-22)21-27-14-17(20-26-10-13-29(20)21)30-16-5-2-4-15(23)19(16)24/h2,4-5,10,13-14,18,25H,3,6-9,11-12H2,1H3. The number of nitrogens with one attached hydrogen (secondary N) is 1. The number of benzene rings is 1. The average Bonchev–Trinajstić information content (AvgIpc) is 3.40. The topological polar surface area (TPSA) is 45.5 Å². The van der Waals surface area contributed by atoms with Gasteiger partial charge in [-0.1, -0.05) is 47.5 Å². The number of anilines is 1. The summed E-state index contributed by atoms with van der Waals surface area (Å²) in [4.78, 5) is 13.7. The van der Waals surface area contributed by atoms with Crippen LogP contribution in [0.3, 0.4) is 0 Å². The van der Waals surface area contributed by atoms with Crippen molar-refractivity contribution in [1.29, 1.82) is 0 Å². The molecule has 2 fully saturated rings. The molecule has 3 heterocycles. The van der Waals surface area contributed by atoms with E-state index in [-0.39, 0.29) is 0 Å². The van der Waals surface area contributed by atoms with Gasteiger partial charge in [-0.3, -0.25) is 4.40 Å². The highest BCUT2D eigenvalue weighted by molar-refractivity contribution is 7.99. The third kappa shape index (κ3) is 3.48. The van der Waals surface area contributed by atoms with Crippen LogP contribution in [0.1, 0.15) is 32.1 Å². The van der Waals surface area contributed by atoms with E-state index in [1.54, 1.807) is 17.8 Å². The molecular weight excluding hydrogens is 437 g/mol. The van der Waals surface area contributed by atoms with Crippen molar-refractivity contribution < 1.29 is 0 Å². The molecule has 1 atom stereocenters. The Morgan fingerprint density at radius 1 is 1.13 bits per heavy atom. The zero-order valence-electron chi connectivity index (χ0n) is 16.9. The van der Waals surface area contributed by atoms with Crippen LogP contribution in [-0.4, -0.2) is 40.5 Å². The number of halogens is 2. The Morgan fingerprint density at radius 3 is 2.77 bits per heavy atom. The molecule has 1 aliphatic carbocycles. The minimum absolute atomic E-state index is 0.457. The third-order valence-electron chi connectivity index (χ3n) is 6.81. The quantitative estimate of drug-likeness (QED) is 0.551. The van der Waals surface area contributed by atoms with Crippen LogP contribution in [-0.2, 0) is 0 Å². The van der Waals surface area contributed by atoms with E-state index < -0.39 is 0 Å². The lowest BCUT2D eigenvalue weighted by molar-refractivity contribution is 0.177. The number of hydrogen-bond acceptors (Lipinski definition) is 5. The average molecular weight is 462 g/mol. The second kappa shape index (κ2) is 8.23. The number of fused-ring (bicyclic) bond motifs is 1. The van der Waals surface area contributed by atoms with Crippen LogP contribution in [0.15, 0.2) is 46.6 Å². The molecule has 1 N–H and O–H groups in total. The number of piperidine rings is 1. The van der Waals surface area contributed by atoms with E-state index >= 15 is 0 Å². The Kier molecular flexibility index (Phi) is 5.60. The van der Waals surface area contributed by atoms with Gasteiger partial charge in [-0.15, -0.1) is 0 Å². The van der Waals surface area contributed by atoms with Crippen molar-refractivity contribution in [2.75, 3.05) is 25.0 Å². The number of nitrogens with zero attached hydrogens (tertiary/aromatic N) is 4. The second-order valence-electron chi connectivity index (χ2n) is 8.28. The van der Waals surface area contributed by atoms with E-state index in [1.807, 2.05) is 30.7 Å². The Labute approximate surface area is 191 Å². The van der Waals surface area contributed by atoms with E-state index in [2.05, 4.69) is 26.6 Å². The first-order valence-electron chi connectivity index (χ1n) is 10.5. The smallest absolute Gasteiger partial charge is 0.211 e. The number of rotatable bonds is 4. The summed E-state index contributed by atoms with van der Waals surface area (Å²) in [6.45, 7) is 2.07. The van der Waals surface area contributed by atoms with Gasteiger partial charge in [-0.2, -0.15) is 0 Å². The maximum absolute atomic E-state index is 6.39. The van der Waals surface area contributed by atoms with Gasteiger partial charge in [0.1, 0.15) is 0 Å². The van der Waals surface area contributed by atoms with Gasteiger partial charge in [0, 0.05) is 42.6 Å². The summed E-state index contributed by atoms with van der Waals surface area (Å²) < 4.78 is 2.10. The van der Waals surface area contributed by atoms with E-state index in [4.69, 9.17) is 28.2 Å². The molecule has 1 unspecified atom stereocenters. The van der Waals surface area contributed by atoms with Crippen molar-refractivity contribution in [1.82, 2.24) is 19.7 Å². The summed E-state index contributed by atoms with van der Waals surface area (Å²) in [5.74, 6) is 0.970. The van der Waals surface area contributed by atoms with Crippen LogP contribution in [0.25, 0.3) is 5.65 Å². The van der Waals surface area contributed by atoms with Gasteiger partial charge in [-0.25, -0.2) is 9.97 Å². The summed E-state index contributed by atoms with van der Waals surface area (Å²) in [6.07, 6.45) is 12.2. The van der Waals surface area contributed by atoms with Crippen LogP contribution in [0.5, 0.6) is 0 Å². The molecule has 0 radical (unpaired) electrons. The zero-order valence-corrected chi connectivity index (χ0v) is 19.3. The SMILES string of the molecule is CNC1CCCC12CCN(c1ncc(Sc3cccc(Cl)c3Cl)c3nccn13)CC2. The van der Waals surface area contributed by atoms with Gasteiger partial charge >= 0.3 is 0 Å². The fourth-order valence-electron chi connectivity index (χ4n) is 5.21. The normalized spacial score (nSPS) is 21.0. The summed E-state index contributed by atoms with van der Waals surface area (Å²) in [5, 5.41) is 4.69. The molecule has 0 amide bonds. The first kappa shape index (κ1) is 20.4. The molecule has 1 saturated carbocycles. The summed E-state index contributed by atoms with van der Waals surface area (Å²) in [6, 6.07) is 6.33. The third-order valence-corrected chi connectivity index (χ3v) is 8.81. The minimum Gasteiger partial charge on any atom is -0.342 e. The number of aromatic nitrogens is 3. The van der Waals surface area contributed by atoms with E-state index in [1.165, 1.54) is 32.1 Å². The Hall–Kier alpha value is -1.47. The summed E-state index contributed by atoms with van der Waals surface area (Å²) in [5.41, 5.74) is 1.36. The molecule has 8 heteroatoms. The first-order valence-corrected chi connectivity index (χ1v) is 12.0. The predicted molar refractivity (Wildman–Crippen MR) is 124 cm³/mol. The first-order chi connectivity index (χ1) is 14.6. The molecular formula is C22H25Cl2N5S. The van der Waals surface area contributed by atoms with Crippen LogP contribution >= 0.6 is 35.0 Å². The lowest BCUT2D eigenvalue weighted by Crippen LogP contribution is -2.48. The lowest BCUT2D eigenvalue weighted by Gasteiger charge is -2.43. The molecule has 2 aromatic heterocycles. The Balaban J connectivity index is 1.40. The van der Waals surface area contributed by atoms with E-state index in [0.717, 1.165) is 34.5 Å². The largest absolute Gasteiger partial charge is 0.342 e. The van der Waals surface area contributed by atoms with Crippen molar-refractivity contribution in [3.63, 3.8) is 0 Å². The molecule has 1 aliphatic heterocycles. The lowest BCUT2D eigenvalue weighted by atomic mass is 9.74. The molecule has 5 rings (SSSR count). The van der Waals surface area contributed by atoms with Crippen LogP contribution in [0.2, 0.25) is 10.0 Å². The minimum atomic E-state index is 0.457. The maximum Gasteiger partial charge on any atom is 0.211 e. The second-order valence-corrected chi connectivity index (χ2v) is 10.1.